The summed E-state index contributed by atoms with van der Waals surface area (Å²) in [5, 5.41) is 0. The highest BCUT2D eigenvalue weighted by atomic mass is 35.5. The Labute approximate surface area is 84.9 Å². The van der Waals surface area contributed by atoms with E-state index in [0.717, 1.165) is 5.56 Å². The van der Waals surface area contributed by atoms with Gasteiger partial charge in [-0.15, -0.1) is 11.6 Å². The van der Waals surface area contributed by atoms with Crippen molar-refractivity contribution in [3.05, 3.63) is 29.1 Å². The minimum Gasteiger partial charge on any atom is -0.261 e. The lowest BCUT2D eigenvalue weighted by atomic mass is 10.1. The van der Waals surface area contributed by atoms with Crippen molar-refractivity contribution in [1.29, 1.82) is 0 Å². The fourth-order valence-electron chi connectivity index (χ4n) is 1.17. The van der Waals surface area contributed by atoms with Crippen LogP contribution in [0.1, 0.15) is 16.8 Å². The van der Waals surface area contributed by atoms with Crippen molar-refractivity contribution in [1.82, 2.24) is 4.98 Å². The molecule has 1 aromatic heterocycles. The van der Waals surface area contributed by atoms with E-state index >= 15 is 0 Å². The molecule has 0 aliphatic carbocycles. The Morgan fingerprint density at radius 1 is 1.43 bits per heavy atom. The van der Waals surface area contributed by atoms with Crippen molar-refractivity contribution in [2.24, 2.45) is 0 Å². The first-order valence-electron chi connectivity index (χ1n) is 4.00. The van der Waals surface area contributed by atoms with Crippen molar-refractivity contribution in [2.45, 2.75) is 25.4 Å². The van der Waals surface area contributed by atoms with Crippen LogP contribution in [0.5, 0.6) is 0 Å². The van der Waals surface area contributed by atoms with Crippen LogP contribution in [0, 0.1) is 6.92 Å². The Balaban J connectivity index is 3.02. The summed E-state index contributed by atoms with van der Waals surface area (Å²) >= 11 is 5.56. The third-order valence-electron chi connectivity index (χ3n) is 1.88. The van der Waals surface area contributed by atoms with Crippen molar-refractivity contribution >= 4 is 11.6 Å². The van der Waals surface area contributed by atoms with Crippen LogP contribution in [0.15, 0.2) is 12.3 Å². The molecule has 0 aliphatic heterocycles. The average Bonchev–Trinajstić information content (AvgIpc) is 2.01. The zero-order valence-electron chi connectivity index (χ0n) is 7.53. The summed E-state index contributed by atoms with van der Waals surface area (Å²) in [7, 11) is 0. The Hall–Kier alpha value is -0.770. The molecule has 1 heterocycles. The standard InChI is InChI=1S/C9H9ClF3N/c1-6-2-3-14-8(7(6)5-10)4-9(11,12)13/h2-3H,4-5H2,1H3. The first-order valence-corrected chi connectivity index (χ1v) is 4.53. The maximum Gasteiger partial charge on any atom is 0.394 e. The van der Waals surface area contributed by atoms with Crippen molar-refractivity contribution in [3.8, 4) is 0 Å². The van der Waals surface area contributed by atoms with Gasteiger partial charge >= 0.3 is 6.18 Å². The molecule has 1 aromatic rings. The zero-order valence-corrected chi connectivity index (χ0v) is 8.28. The molecular weight excluding hydrogens is 215 g/mol. The van der Waals surface area contributed by atoms with E-state index in [0.29, 0.717) is 5.56 Å². The zero-order chi connectivity index (χ0) is 10.8. The Bertz CT molecular complexity index is 322. The number of aryl methyl sites for hydroxylation is 1. The first kappa shape index (κ1) is 11.3. The molecule has 0 bridgehead atoms. The number of nitrogens with zero attached hydrogens (tertiary/aromatic N) is 1. The molecule has 0 unspecified atom stereocenters. The van der Waals surface area contributed by atoms with Crippen LogP contribution in [0.3, 0.4) is 0 Å². The quantitative estimate of drug-likeness (QED) is 0.702. The van der Waals surface area contributed by atoms with E-state index < -0.39 is 12.6 Å². The highest BCUT2D eigenvalue weighted by molar-refractivity contribution is 6.17. The fourth-order valence-corrected chi connectivity index (χ4v) is 1.53. The summed E-state index contributed by atoms with van der Waals surface area (Å²) in [6.45, 7) is 1.72. The summed E-state index contributed by atoms with van der Waals surface area (Å²) in [6, 6.07) is 1.65. The average molecular weight is 224 g/mol. The van der Waals surface area contributed by atoms with Gasteiger partial charge in [-0.2, -0.15) is 13.2 Å². The van der Waals surface area contributed by atoms with E-state index in [1.807, 2.05) is 0 Å². The number of rotatable bonds is 2. The van der Waals surface area contributed by atoms with E-state index in [1.165, 1.54) is 6.20 Å². The maximum absolute atomic E-state index is 12.1. The monoisotopic (exact) mass is 223 g/mol. The molecule has 0 aliphatic rings. The van der Waals surface area contributed by atoms with E-state index in [-0.39, 0.29) is 11.6 Å². The smallest absolute Gasteiger partial charge is 0.261 e. The topological polar surface area (TPSA) is 12.9 Å². The molecule has 0 N–H and O–H groups in total. The van der Waals surface area contributed by atoms with Gasteiger partial charge in [0, 0.05) is 12.1 Å². The fraction of sp³-hybridized carbons (Fsp3) is 0.444. The molecule has 0 aromatic carbocycles. The molecule has 0 radical (unpaired) electrons. The van der Waals surface area contributed by atoms with Gasteiger partial charge in [0.25, 0.3) is 0 Å². The van der Waals surface area contributed by atoms with Gasteiger partial charge in [-0.05, 0) is 24.1 Å². The second kappa shape index (κ2) is 4.17. The molecule has 0 fully saturated rings. The van der Waals surface area contributed by atoms with Crippen LogP contribution >= 0.6 is 11.6 Å². The summed E-state index contributed by atoms with van der Waals surface area (Å²) in [4.78, 5) is 3.69. The van der Waals surface area contributed by atoms with Crippen LogP contribution in [0.2, 0.25) is 0 Å². The van der Waals surface area contributed by atoms with Crippen molar-refractivity contribution < 1.29 is 13.2 Å². The lowest BCUT2D eigenvalue weighted by Crippen LogP contribution is -2.14. The van der Waals surface area contributed by atoms with Gasteiger partial charge in [-0.25, -0.2) is 0 Å². The Morgan fingerprint density at radius 3 is 2.57 bits per heavy atom. The predicted octanol–water partition coefficient (Wildman–Crippen LogP) is 3.23. The highest BCUT2D eigenvalue weighted by Gasteiger charge is 2.29. The summed E-state index contributed by atoms with van der Waals surface area (Å²) in [5.41, 5.74) is 1.24. The van der Waals surface area contributed by atoms with Gasteiger partial charge in [0.05, 0.1) is 12.1 Å². The largest absolute Gasteiger partial charge is 0.394 e. The number of pyridine rings is 1. The molecule has 5 heteroatoms. The summed E-state index contributed by atoms with van der Waals surface area (Å²) in [5.74, 6) is 0.0606. The van der Waals surface area contributed by atoms with E-state index in [2.05, 4.69) is 4.98 Å². The molecule has 0 saturated carbocycles. The van der Waals surface area contributed by atoms with Crippen molar-refractivity contribution in [2.75, 3.05) is 0 Å². The third kappa shape index (κ3) is 2.87. The molecule has 78 valence electrons. The normalized spacial score (nSPS) is 11.8. The minimum absolute atomic E-state index is 0.0208. The van der Waals surface area contributed by atoms with Gasteiger partial charge in [0.2, 0.25) is 0 Å². The lowest BCUT2D eigenvalue weighted by Gasteiger charge is -2.10. The second-order valence-corrected chi connectivity index (χ2v) is 3.25. The lowest BCUT2D eigenvalue weighted by molar-refractivity contribution is -0.127. The summed E-state index contributed by atoms with van der Waals surface area (Å²) < 4.78 is 36.3. The Kier molecular flexibility index (Phi) is 3.37. The second-order valence-electron chi connectivity index (χ2n) is 2.98. The first-order chi connectivity index (χ1) is 6.44. The molecule has 0 atom stereocenters. The summed E-state index contributed by atoms with van der Waals surface area (Å²) in [6.07, 6.45) is -3.88. The molecule has 0 amide bonds. The van der Waals surface area contributed by atoms with Gasteiger partial charge in [0.15, 0.2) is 0 Å². The molecule has 14 heavy (non-hydrogen) atoms. The van der Waals surface area contributed by atoms with Crippen LogP contribution in [-0.2, 0) is 12.3 Å². The predicted molar refractivity (Wildman–Crippen MR) is 48.3 cm³/mol. The number of aromatic nitrogens is 1. The van der Waals surface area contributed by atoms with Gasteiger partial charge in [-0.3, -0.25) is 4.98 Å². The maximum atomic E-state index is 12.1. The van der Waals surface area contributed by atoms with E-state index in [4.69, 9.17) is 11.6 Å². The highest BCUT2D eigenvalue weighted by Crippen LogP contribution is 2.24. The van der Waals surface area contributed by atoms with Crippen molar-refractivity contribution in [3.63, 3.8) is 0 Å². The minimum atomic E-state index is -4.23. The van der Waals surface area contributed by atoms with Crippen LogP contribution < -0.4 is 0 Å². The van der Waals surface area contributed by atoms with E-state index in [9.17, 15) is 13.2 Å². The number of alkyl halides is 4. The van der Waals surface area contributed by atoms with Gasteiger partial charge in [-0.1, -0.05) is 0 Å². The number of hydrogen-bond donors (Lipinski definition) is 0. The molecular formula is C9H9ClF3N. The molecule has 0 saturated heterocycles. The van der Waals surface area contributed by atoms with Crippen LogP contribution in [-0.4, -0.2) is 11.2 Å². The SMILES string of the molecule is Cc1ccnc(CC(F)(F)F)c1CCl. The van der Waals surface area contributed by atoms with Gasteiger partial charge < -0.3 is 0 Å². The number of halogens is 4. The third-order valence-corrected chi connectivity index (χ3v) is 2.15. The molecule has 1 rings (SSSR count). The molecule has 0 spiro atoms. The van der Waals surface area contributed by atoms with Crippen LogP contribution in [0.25, 0.3) is 0 Å². The number of hydrogen-bond acceptors (Lipinski definition) is 1. The molecule has 1 nitrogen and oxygen atoms in total. The van der Waals surface area contributed by atoms with E-state index in [1.54, 1.807) is 13.0 Å². The van der Waals surface area contributed by atoms with Crippen LogP contribution in [0.4, 0.5) is 13.2 Å². The van der Waals surface area contributed by atoms with Gasteiger partial charge in [0.1, 0.15) is 0 Å². The Morgan fingerprint density at radius 2 is 2.07 bits per heavy atom.